The third-order valence-electron chi connectivity index (χ3n) is 3.07. The monoisotopic (exact) mass is 283 g/mol. The van der Waals surface area contributed by atoms with Crippen LogP contribution in [0.1, 0.15) is 32.9 Å². The number of aldehydes is 1. The van der Waals surface area contributed by atoms with Crippen LogP contribution >= 0.6 is 11.8 Å². The van der Waals surface area contributed by atoms with Gasteiger partial charge in [-0.3, -0.25) is 4.79 Å². The highest BCUT2D eigenvalue weighted by Gasteiger charge is 2.10. The van der Waals surface area contributed by atoms with E-state index in [0.29, 0.717) is 16.3 Å². The molecule has 0 aliphatic carbocycles. The molecule has 0 fully saturated rings. The molecule has 4 nitrogen and oxygen atoms in total. The summed E-state index contributed by atoms with van der Waals surface area (Å²) in [4.78, 5) is 20.3. The van der Waals surface area contributed by atoms with Gasteiger partial charge in [0.15, 0.2) is 5.16 Å². The van der Waals surface area contributed by atoms with Crippen LogP contribution in [-0.2, 0) is 0 Å². The quantitative estimate of drug-likeness (QED) is 0.639. The van der Waals surface area contributed by atoms with Gasteiger partial charge in [-0.25, -0.2) is 9.97 Å². The normalized spacial score (nSPS) is 10.1. The molecule has 100 valence electrons. The standard InChI is InChI=1S/C15H13N3OS/c1-9-10(2)17-15(18-11(9)3)20-14-5-4-12(8-19)6-13(14)7-16/h4-6,8H,1-3H3. The van der Waals surface area contributed by atoms with Gasteiger partial charge in [-0.2, -0.15) is 5.26 Å². The summed E-state index contributed by atoms with van der Waals surface area (Å²) in [6.45, 7) is 5.86. The van der Waals surface area contributed by atoms with Crippen molar-refractivity contribution in [3.8, 4) is 6.07 Å². The van der Waals surface area contributed by atoms with Gasteiger partial charge in [0.2, 0.25) is 0 Å². The molecule has 1 heterocycles. The van der Waals surface area contributed by atoms with Gasteiger partial charge < -0.3 is 0 Å². The second kappa shape index (κ2) is 5.85. The summed E-state index contributed by atoms with van der Waals surface area (Å²) in [5, 5.41) is 9.76. The third kappa shape index (κ3) is 2.86. The van der Waals surface area contributed by atoms with Crippen molar-refractivity contribution >= 4 is 18.0 Å². The summed E-state index contributed by atoms with van der Waals surface area (Å²) in [5.41, 5.74) is 3.89. The molecular formula is C15H13N3OS. The Labute approximate surface area is 121 Å². The first-order valence-corrected chi connectivity index (χ1v) is 6.86. The van der Waals surface area contributed by atoms with Crippen LogP contribution < -0.4 is 0 Å². The highest BCUT2D eigenvalue weighted by Crippen LogP contribution is 2.29. The van der Waals surface area contributed by atoms with Crippen LogP contribution in [0.5, 0.6) is 0 Å². The van der Waals surface area contributed by atoms with Crippen LogP contribution in [0.2, 0.25) is 0 Å². The summed E-state index contributed by atoms with van der Waals surface area (Å²) in [6, 6.07) is 7.10. The highest BCUT2D eigenvalue weighted by atomic mass is 32.2. The first-order valence-electron chi connectivity index (χ1n) is 6.04. The lowest BCUT2D eigenvalue weighted by molar-refractivity contribution is 0.112. The number of carbonyl (C=O) groups is 1. The van der Waals surface area contributed by atoms with E-state index < -0.39 is 0 Å². The number of nitrogens with zero attached hydrogens (tertiary/aromatic N) is 3. The molecule has 1 aromatic carbocycles. The minimum atomic E-state index is 0.457. The molecule has 5 heteroatoms. The summed E-state index contributed by atoms with van der Waals surface area (Å²) < 4.78 is 0. The van der Waals surface area contributed by atoms with E-state index in [0.717, 1.165) is 28.1 Å². The number of nitriles is 1. The number of aryl methyl sites for hydroxylation is 2. The smallest absolute Gasteiger partial charge is 0.192 e. The van der Waals surface area contributed by atoms with E-state index in [1.807, 2.05) is 20.8 Å². The van der Waals surface area contributed by atoms with Crippen molar-refractivity contribution in [2.24, 2.45) is 0 Å². The second-order valence-electron chi connectivity index (χ2n) is 4.39. The molecule has 0 bridgehead atoms. The van der Waals surface area contributed by atoms with Crippen molar-refractivity contribution in [3.63, 3.8) is 0 Å². The third-order valence-corrected chi connectivity index (χ3v) is 4.01. The van der Waals surface area contributed by atoms with Crippen LogP contribution in [0.25, 0.3) is 0 Å². The Morgan fingerprint density at radius 2 is 1.85 bits per heavy atom. The molecular weight excluding hydrogens is 270 g/mol. The highest BCUT2D eigenvalue weighted by molar-refractivity contribution is 7.99. The fourth-order valence-electron chi connectivity index (χ4n) is 1.68. The predicted octanol–water partition coefficient (Wildman–Crippen LogP) is 3.24. The molecule has 0 N–H and O–H groups in total. The van der Waals surface area contributed by atoms with Crippen LogP contribution in [0, 0.1) is 32.1 Å². The van der Waals surface area contributed by atoms with Gasteiger partial charge in [0, 0.05) is 21.8 Å². The van der Waals surface area contributed by atoms with E-state index in [9.17, 15) is 4.79 Å². The fourth-order valence-corrected chi connectivity index (χ4v) is 2.60. The topological polar surface area (TPSA) is 66.6 Å². The van der Waals surface area contributed by atoms with E-state index in [1.54, 1.807) is 18.2 Å². The molecule has 0 spiro atoms. The molecule has 0 atom stereocenters. The van der Waals surface area contributed by atoms with Crippen molar-refractivity contribution in [2.45, 2.75) is 30.8 Å². The summed E-state index contributed by atoms with van der Waals surface area (Å²) >= 11 is 1.33. The molecule has 2 aromatic rings. The van der Waals surface area contributed by atoms with Gasteiger partial charge in [-0.05, 0) is 50.2 Å². The van der Waals surface area contributed by atoms with Gasteiger partial charge >= 0.3 is 0 Å². The van der Waals surface area contributed by atoms with Crippen LogP contribution in [0.3, 0.4) is 0 Å². The zero-order valence-electron chi connectivity index (χ0n) is 11.5. The average Bonchev–Trinajstić information content (AvgIpc) is 2.45. The van der Waals surface area contributed by atoms with Gasteiger partial charge in [-0.15, -0.1) is 0 Å². The Bertz CT molecular complexity index is 697. The number of carbonyl (C=O) groups excluding carboxylic acids is 1. The van der Waals surface area contributed by atoms with E-state index in [4.69, 9.17) is 5.26 Å². The summed E-state index contributed by atoms with van der Waals surface area (Å²) in [5.74, 6) is 0. The molecule has 0 unspecified atom stereocenters. The van der Waals surface area contributed by atoms with Crippen LogP contribution in [0.4, 0.5) is 0 Å². The van der Waals surface area contributed by atoms with Crippen molar-refractivity contribution in [3.05, 3.63) is 46.3 Å². The number of hydrogen-bond acceptors (Lipinski definition) is 5. The zero-order valence-corrected chi connectivity index (χ0v) is 12.3. The molecule has 0 saturated heterocycles. The average molecular weight is 283 g/mol. The maximum atomic E-state index is 10.7. The van der Waals surface area contributed by atoms with Gasteiger partial charge in [0.1, 0.15) is 12.4 Å². The summed E-state index contributed by atoms with van der Waals surface area (Å²) in [7, 11) is 0. The minimum absolute atomic E-state index is 0.457. The molecule has 0 amide bonds. The van der Waals surface area contributed by atoms with Gasteiger partial charge in [0.05, 0.1) is 5.56 Å². The SMILES string of the molecule is Cc1nc(Sc2ccc(C=O)cc2C#N)nc(C)c1C. The van der Waals surface area contributed by atoms with Crippen LogP contribution in [0.15, 0.2) is 28.3 Å². The fraction of sp³-hybridized carbons (Fsp3) is 0.200. The summed E-state index contributed by atoms with van der Waals surface area (Å²) in [6.07, 6.45) is 0.728. The lowest BCUT2D eigenvalue weighted by Crippen LogP contribution is -1.98. The first-order chi connectivity index (χ1) is 9.55. The Hall–Kier alpha value is -2.19. The molecule has 0 saturated carbocycles. The molecule has 1 aromatic heterocycles. The Balaban J connectivity index is 2.40. The Morgan fingerprint density at radius 3 is 2.40 bits per heavy atom. The van der Waals surface area contributed by atoms with Gasteiger partial charge in [-0.1, -0.05) is 6.07 Å². The maximum absolute atomic E-state index is 10.7. The lowest BCUT2D eigenvalue weighted by Gasteiger charge is -2.07. The molecule has 20 heavy (non-hydrogen) atoms. The van der Waals surface area contributed by atoms with E-state index in [2.05, 4.69) is 16.0 Å². The zero-order chi connectivity index (χ0) is 14.7. The van der Waals surface area contributed by atoms with Gasteiger partial charge in [0.25, 0.3) is 0 Å². The Kier molecular flexibility index (Phi) is 4.16. The van der Waals surface area contributed by atoms with E-state index >= 15 is 0 Å². The second-order valence-corrected chi connectivity index (χ2v) is 5.40. The van der Waals surface area contributed by atoms with E-state index in [-0.39, 0.29) is 0 Å². The minimum Gasteiger partial charge on any atom is -0.298 e. The lowest BCUT2D eigenvalue weighted by atomic mass is 10.1. The Morgan fingerprint density at radius 1 is 1.20 bits per heavy atom. The number of aromatic nitrogens is 2. The van der Waals surface area contributed by atoms with Crippen molar-refractivity contribution in [1.29, 1.82) is 5.26 Å². The number of hydrogen-bond donors (Lipinski definition) is 0. The molecule has 0 radical (unpaired) electrons. The molecule has 2 rings (SSSR count). The largest absolute Gasteiger partial charge is 0.298 e. The number of benzene rings is 1. The van der Waals surface area contributed by atoms with Crippen molar-refractivity contribution in [1.82, 2.24) is 9.97 Å². The van der Waals surface area contributed by atoms with Crippen molar-refractivity contribution < 1.29 is 4.79 Å². The molecule has 0 aliphatic heterocycles. The first kappa shape index (κ1) is 14.2. The predicted molar refractivity (Wildman–Crippen MR) is 76.9 cm³/mol. The van der Waals surface area contributed by atoms with Crippen LogP contribution in [-0.4, -0.2) is 16.3 Å². The maximum Gasteiger partial charge on any atom is 0.192 e. The number of rotatable bonds is 3. The van der Waals surface area contributed by atoms with Crippen molar-refractivity contribution in [2.75, 3.05) is 0 Å². The van der Waals surface area contributed by atoms with E-state index in [1.165, 1.54) is 11.8 Å². The molecule has 0 aliphatic rings.